The molecule has 0 spiro atoms. The van der Waals surface area contributed by atoms with Crippen molar-refractivity contribution in [2.45, 2.75) is 6.92 Å². The molecular formula is C12H18N2O3. The number of hydrogen-bond donors (Lipinski definition) is 3. The summed E-state index contributed by atoms with van der Waals surface area (Å²) in [7, 11) is 3.31. The van der Waals surface area contributed by atoms with Crippen LogP contribution in [0, 0.1) is 5.92 Å². The predicted octanol–water partition coefficient (Wildman–Crippen LogP) is 1.19. The second-order valence-corrected chi connectivity index (χ2v) is 3.83. The SMILES string of the molecule is CNCC(C)C(=O)Nc1cc(OC)ccc1O. The maximum atomic E-state index is 11.8. The average molecular weight is 238 g/mol. The van der Waals surface area contributed by atoms with E-state index in [0.717, 1.165) is 0 Å². The summed E-state index contributed by atoms with van der Waals surface area (Å²) in [4.78, 5) is 11.8. The molecule has 1 rings (SSSR count). The average Bonchev–Trinajstić information content (AvgIpc) is 2.32. The first-order chi connectivity index (χ1) is 8.08. The Hall–Kier alpha value is -1.75. The first-order valence-corrected chi connectivity index (χ1v) is 5.41. The number of amides is 1. The number of benzene rings is 1. The van der Waals surface area contributed by atoms with Gasteiger partial charge in [-0.2, -0.15) is 0 Å². The highest BCUT2D eigenvalue weighted by Gasteiger charge is 2.14. The molecule has 5 heteroatoms. The van der Waals surface area contributed by atoms with E-state index in [1.165, 1.54) is 13.2 Å². The highest BCUT2D eigenvalue weighted by molar-refractivity contribution is 5.94. The first-order valence-electron chi connectivity index (χ1n) is 5.41. The van der Waals surface area contributed by atoms with Crippen molar-refractivity contribution in [3.8, 4) is 11.5 Å². The van der Waals surface area contributed by atoms with Crippen LogP contribution in [0.15, 0.2) is 18.2 Å². The lowest BCUT2D eigenvalue weighted by Gasteiger charge is -2.13. The summed E-state index contributed by atoms with van der Waals surface area (Å²) in [5.74, 6) is 0.281. The standard InChI is InChI=1S/C12H18N2O3/c1-8(7-13-2)12(16)14-10-6-9(17-3)4-5-11(10)15/h4-6,8,13,15H,7H2,1-3H3,(H,14,16). The monoisotopic (exact) mass is 238 g/mol. The lowest BCUT2D eigenvalue weighted by atomic mass is 10.1. The molecule has 1 amide bonds. The molecule has 1 atom stereocenters. The van der Waals surface area contributed by atoms with Crippen molar-refractivity contribution in [1.29, 1.82) is 0 Å². The minimum atomic E-state index is -0.175. The molecule has 17 heavy (non-hydrogen) atoms. The van der Waals surface area contributed by atoms with Gasteiger partial charge in [0.2, 0.25) is 5.91 Å². The van der Waals surface area contributed by atoms with E-state index < -0.39 is 0 Å². The molecule has 0 aliphatic rings. The normalized spacial score (nSPS) is 11.9. The maximum absolute atomic E-state index is 11.8. The van der Waals surface area contributed by atoms with Gasteiger partial charge in [-0.1, -0.05) is 6.92 Å². The molecule has 0 aliphatic heterocycles. The summed E-state index contributed by atoms with van der Waals surface area (Å²) in [5, 5.41) is 15.2. The molecule has 0 aliphatic carbocycles. The highest BCUT2D eigenvalue weighted by Crippen LogP contribution is 2.28. The van der Waals surface area contributed by atoms with Crippen molar-refractivity contribution < 1.29 is 14.6 Å². The topological polar surface area (TPSA) is 70.6 Å². The molecule has 1 aromatic rings. The minimum Gasteiger partial charge on any atom is -0.506 e. The number of phenolic OH excluding ortho intramolecular Hbond substituents is 1. The largest absolute Gasteiger partial charge is 0.506 e. The fourth-order valence-corrected chi connectivity index (χ4v) is 1.40. The molecule has 3 N–H and O–H groups in total. The van der Waals surface area contributed by atoms with Gasteiger partial charge in [0, 0.05) is 18.5 Å². The summed E-state index contributed by atoms with van der Waals surface area (Å²) in [6.45, 7) is 2.39. The van der Waals surface area contributed by atoms with E-state index in [1.54, 1.807) is 19.2 Å². The fourth-order valence-electron chi connectivity index (χ4n) is 1.40. The van der Waals surface area contributed by atoms with Gasteiger partial charge in [-0.25, -0.2) is 0 Å². The number of aromatic hydroxyl groups is 1. The summed E-state index contributed by atoms with van der Waals surface area (Å²) in [6, 6.07) is 4.69. The fraction of sp³-hybridized carbons (Fsp3) is 0.417. The van der Waals surface area contributed by atoms with Gasteiger partial charge in [-0.15, -0.1) is 0 Å². The number of anilines is 1. The van der Waals surface area contributed by atoms with E-state index in [2.05, 4.69) is 10.6 Å². The Balaban J connectivity index is 2.76. The third-order valence-electron chi connectivity index (χ3n) is 2.42. The number of carbonyl (C=O) groups is 1. The molecule has 1 unspecified atom stereocenters. The highest BCUT2D eigenvalue weighted by atomic mass is 16.5. The van der Waals surface area contributed by atoms with Crippen LogP contribution >= 0.6 is 0 Å². The number of methoxy groups -OCH3 is 1. The molecule has 0 saturated carbocycles. The quantitative estimate of drug-likeness (QED) is 0.674. The zero-order valence-corrected chi connectivity index (χ0v) is 10.3. The van der Waals surface area contributed by atoms with E-state index in [4.69, 9.17) is 4.74 Å². The van der Waals surface area contributed by atoms with Crippen LogP contribution in [0.1, 0.15) is 6.92 Å². The number of ether oxygens (including phenoxy) is 1. The molecular weight excluding hydrogens is 220 g/mol. The van der Waals surface area contributed by atoms with Crippen molar-refractivity contribution >= 4 is 11.6 Å². The van der Waals surface area contributed by atoms with E-state index >= 15 is 0 Å². The van der Waals surface area contributed by atoms with Crippen LogP contribution in [-0.2, 0) is 4.79 Å². The van der Waals surface area contributed by atoms with Crippen LogP contribution in [-0.4, -0.2) is 31.7 Å². The van der Waals surface area contributed by atoms with Gasteiger partial charge in [-0.3, -0.25) is 4.79 Å². The zero-order valence-electron chi connectivity index (χ0n) is 10.3. The molecule has 94 valence electrons. The first kappa shape index (κ1) is 13.3. The minimum absolute atomic E-state index is 0.0239. The number of nitrogens with one attached hydrogen (secondary N) is 2. The van der Waals surface area contributed by atoms with Crippen LogP contribution < -0.4 is 15.4 Å². The van der Waals surface area contributed by atoms with E-state index in [9.17, 15) is 9.90 Å². The molecule has 0 heterocycles. The van der Waals surface area contributed by atoms with Crippen molar-refractivity contribution in [1.82, 2.24) is 5.32 Å². The summed E-state index contributed by atoms with van der Waals surface area (Å²) < 4.78 is 5.02. The number of hydrogen-bond acceptors (Lipinski definition) is 4. The van der Waals surface area contributed by atoms with Crippen molar-refractivity contribution in [2.24, 2.45) is 5.92 Å². The van der Waals surface area contributed by atoms with Crippen molar-refractivity contribution in [3.63, 3.8) is 0 Å². The van der Waals surface area contributed by atoms with Crippen LogP contribution in [0.4, 0.5) is 5.69 Å². The Morgan fingerprint density at radius 3 is 2.82 bits per heavy atom. The van der Waals surface area contributed by atoms with Gasteiger partial charge >= 0.3 is 0 Å². The predicted molar refractivity (Wildman–Crippen MR) is 66.4 cm³/mol. The Morgan fingerprint density at radius 2 is 2.24 bits per heavy atom. The zero-order chi connectivity index (χ0) is 12.8. The Morgan fingerprint density at radius 1 is 1.53 bits per heavy atom. The van der Waals surface area contributed by atoms with Crippen LogP contribution in [0.3, 0.4) is 0 Å². The summed E-state index contributed by atoms with van der Waals surface area (Å²) in [5.41, 5.74) is 0.359. The lowest BCUT2D eigenvalue weighted by molar-refractivity contribution is -0.119. The van der Waals surface area contributed by atoms with Crippen LogP contribution in [0.5, 0.6) is 11.5 Å². The molecule has 0 radical (unpaired) electrons. The van der Waals surface area contributed by atoms with Gasteiger partial charge in [-0.05, 0) is 19.2 Å². The summed E-state index contributed by atoms with van der Waals surface area (Å²) >= 11 is 0. The maximum Gasteiger partial charge on any atom is 0.228 e. The lowest BCUT2D eigenvalue weighted by Crippen LogP contribution is -2.28. The Bertz CT molecular complexity index is 393. The molecule has 5 nitrogen and oxygen atoms in total. The van der Waals surface area contributed by atoms with Crippen LogP contribution in [0.2, 0.25) is 0 Å². The number of phenols is 1. The van der Waals surface area contributed by atoms with Gasteiger partial charge in [0.25, 0.3) is 0 Å². The van der Waals surface area contributed by atoms with Crippen LogP contribution in [0.25, 0.3) is 0 Å². The molecule has 0 saturated heterocycles. The third-order valence-corrected chi connectivity index (χ3v) is 2.42. The van der Waals surface area contributed by atoms with Gasteiger partial charge in [0.15, 0.2) is 0 Å². The molecule has 0 aromatic heterocycles. The summed E-state index contributed by atoms with van der Waals surface area (Å²) in [6.07, 6.45) is 0. The molecule has 1 aromatic carbocycles. The van der Waals surface area contributed by atoms with E-state index in [0.29, 0.717) is 18.0 Å². The van der Waals surface area contributed by atoms with Crippen molar-refractivity contribution in [2.75, 3.05) is 26.0 Å². The Labute approximate surface area is 101 Å². The Kier molecular flexibility index (Phi) is 4.78. The number of rotatable bonds is 5. The second kappa shape index (κ2) is 6.10. The van der Waals surface area contributed by atoms with Crippen molar-refractivity contribution in [3.05, 3.63) is 18.2 Å². The molecule has 0 fully saturated rings. The third kappa shape index (κ3) is 3.64. The van der Waals surface area contributed by atoms with Gasteiger partial charge < -0.3 is 20.5 Å². The van der Waals surface area contributed by atoms with Gasteiger partial charge in [0.05, 0.1) is 12.8 Å². The smallest absolute Gasteiger partial charge is 0.228 e. The molecule has 0 bridgehead atoms. The second-order valence-electron chi connectivity index (χ2n) is 3.83. The van der Waals surface area contributed by atoms with E-state index in [1.807, 2.05) is 6.92 Å². The van der Waals surface area contributed by atoms with E-state index in [-0.39, 0.29) is 17.6 Å². The number of carbonyl (C=O) groups excluding carboxylic acids is 1. The van der Waals surface area contributed by atoms with Gasteiger partial charge in [0.1, 0.15) is 11.5 Å².